The van der Waals surface area contributed by atoms with Gasteiger partial charge in [-0.1, -0.05) is 0 Å². The van der Waals surface area contributed by atoms with Crippen LogP contribution in [-0.2, 0) is 5.88 Å². The van der Waals surface area contributed by atoms with Crippen molar-refractivity contribution in [3.05, 3.63) is 33.1 Å². The molecule has 0 aliphatic heterocycles. The maximum atomic E-state index is 8.90. The van der Waals surface area contributed by atoms with Gasteiger partial charge in [-0.25, -0.2) is 0 Å². The Labute approximate surface area is 99.0 Å². The Hall–Kier alpha value is -0.560. The van der Waals surface area contributed by atoms with Crippen LogP contribution >= 0.6 is 38.9 Å². The molecular weight excluding hydrogens is 282 g/mol. The molecule has 1 aromatic carbocycles. The summed E-state index contributed by atoms with van der Waals surface area (Å²) in [5.41, 5.74) is 1.56. The van der Waals surface area contributed by atoms with Crippen LogP contribution in [0.2, 0.25) is 0 Å². The average Bonchev–Trinajstić information content (AvgIpc) is 2.54. The lowest BCUT2D eigenvalue weighted by molar-refractivity contribution is 1.37. The zero-order valence-corrected chi connectivity index (χ0v) is 10.2. The number of rotatable bonds is 1. The van der Waals surface area contributed by atoms with Crippen LogP contribution in [0.5, 0.6) is 0 Å². The summed E-state index contributed by atoms with van der Waals surface area (Å²) in [7, 11) is 0. The summed E-state index contributed by atoms with van der Waals surface area (Å²) in [6.45, 7) is 0. The van der Waals surface area contributed by atoms with Gasteiger partial charge in [-0.05, 0) is 45.1 Å². The summed E-state index contributed by atoms with van der Waals surface area (Å²) >= 11 is 10.8. The molecular formula is C10H5BrClNS. The van der Waals surface area contributed by atoms with Crippen LogP contribution in [0.15, 0.2) is 22.0 Å². The number of alkyl halides is 1. The maximum absolute atomic E-state index is 8.90. The zero-order chi connectivity index (χ0) is 10.1. The second-order valence-electron chi connectivity index (χ2n) is 2.84. The molecule has 2 rings (SSSR count). The molecule has 4 heteroatoms. The fourth-order valence-electron chi connectivity index (χ4n) is 1.31. The van der Waals surface area contributed by atoms with Gasteiger partial charge in [0.25, 0.3) is 0 Å². The van der Waals surface area contributed by atoms with Crippen LogP contribution in [0.25, 0.3) is 10.1 Å². The van der Waals surface area contributed by atoms with E-state index in [-0.39, 0.29) is 0 Å². The second kappa shape index (κ2) is 3.90. The Kier molecular flexibility index (Phi) is 2.78. The fraction of sp³-hybridized carbons (Fsp3) is 0.100. The van der Waals surface area contributed by atoms with Gasteiger partial charge in [-0.15, -0.1) is 22.9 Å². The molecule has 1 nitrogen and oxygen atoms in total. The monoisotopic (exact) mass is 285 g/mol. The maximum Gasteiger partial charge on any atom is 0.0995 e. The van der Waals surface area contributed by atoms with Gasteiger partial charge in [0.15, 0.2) is 0 Å². The van der Waals surface area contributed by atoms with Gasteiger partial charge in [0.2, 0.25) is 0 Å². The Balaban J connectivity index is 2.76. The van der Waals surface area contributed by atoms with Crippen molar-refractivity contribution in [2.24, 2.45) is 0 Å². The third-order valence-electron chi connectivity index (χ3n) is 1.98. The molecule has 1 heterocycles. The summed E-state index contributed by atoms with van der Waals surface area (Å²) in [6, 6.07) is 8.03. The van der Waals surface area contributed by atoms with Gasteiger partial charge in [0, 0.05) is 10.6 Å². The summed E-state index contributed by atoms with van der Waals surface area (Å²) in [5.74, 6) is 0.383. The van der Waals surface area contributed by atoms with Crippen LogP contribution in [0.1, 0.15) is 11.1 Å². The molecule has 0 bridgehead atoms. The first-order chi connectivity index (χ1) is 6.74. The van der Waals surface area contributed by atoms with Crippen LogP contribution in [0, 0.1) is 11.3 Å². The Morgan fingerprint density at radius 1 is 1.43 bits per heavy atom. The Morgan fingerprint density at radius 3 is 2.86 bits per heavy atom. The van der Waals surface area contributed by atoms with Crippen molar-refractivity contribution in [2.75, 3.05) is 0 Å². The molecule has 0 spiro atoms. The minimum Gasteiger partial charge on any atom is -0.192 e. The number of benzene rings is 1. The molecule has 0 aliphatic carbocycles. The lowest BCUT2D eigenvalue weighted by Crippen LogP contribution is -1.84. The summed E-state index contributed by atoms with van der Waals surface area (Å²) < 4.78 is 2.23. The Bertz CT molecular complexity index is 527. The Morgan fingerprint density at radius 2 is 2.21 bits per heavy atom. The standard InChI is InChI=1S/C10H5BrClNS/c11-10-3-6-1-8(5-13)7(4-12)2-9(6)14-10/h1-3H,4H2. The van der Waals surface area contributed by atoms with Gasteiger partial charge in [0.1, 0.15) is 0 Å². The minimum atomic E-state index is 0.383. The van der Waals surface area contributed by atoms with Crippen LogP contribution < -0.4 is 0 Å². The van der Waals surface area contributed by atoms with E-state index < -0.39 is 0 Å². The molecule has 0 saturated heterocycles. The minimum absolute atomic E-state index is 0.383. The van der Waals surface area contributed by atoms with Crippen molar-refractivity contribution in [1.82, 2.24) is 0 Å². The number of hydrogen-bond acceptors (Lipinski definition) is 2. The highest BCUT2D eigenvalue weighted by Crippen LogP contribution is 2.32. The van der Waals surface area contributed by atoms with Gasteiger partial charge < -0.3 is 0 Å². The van der Waals surface area contributed by atoms with E-state index in [4.69, 9.17) is 16.9 Å². The van der Waals surface area contributed by atoms with Gasteiger partial charge in [-0.2, -0.15) is 5.26 Å². The summed E-state index contributed by atoms with van der Waals surface area (Å²) in [4.78, 5) is 0. The summed E-state index contributed by atoms with van der Waals surface area (Å²) in [5, 5.41) is 9.99. The molecule has 2 aromatic rings. The van der Waals surface area contributed by atoms with Crippen LogP contribution in [-0.4, -0.2) is 0 Å². The first-order valence-corrected chi connectivity index (χ1v) is 6.07. The van der Waals surface area contributed by atoms with Crippen LogP contribution in [0.3, 0.4) is 0 Å². The first kappa shape index (κ1) is 9.97. The molecule has 0 saturated carbocycles. The normalized spacial score (nSPS) is 10.4. The van der Waals surface area contributed by atoms with E-state index in [2.05, 4.69) is 22.0 Å². The number of thiophene rings is 1. The first-order valence-electron chi connectivity index (χ1n) is 3.92. The second-order valence-corrected chi connectivity index (χ2v) is 5.57. The smallest absolute Gasteiger partial charge is 0.0995 e. The van der Waals surface area contributed by atoms with Crippen molar-refractivity contribution in [3.8, 4) is 6.07 Å². The molecule has 0 amide bonds. The molecule has 14 heavy (non-hydrogen) atoms. The molecule has 0 atom stereocenters. The largest absolute Gasteiger partial charge is 0.192 e. The predicted octanol–water partition coefficient (Wildman–Crippen LogP) is 4.27. The summed E-state index contributed by atoms with van der Waals surface area (Å²) in [6.07, 6.45) is 0. The number of halogens is 2. The van der Waals surface area contributed by atoms with Crippen molar-refractivity contribution in [2.45, 2.75) is 5.88 Å². The third-order valence-corrected chi connectivity index (χ3v) is 3.87. The lowest BCUT2D eigenvalue weighted by atomic mass is 10.1. The van der Waals surface area contributed by atoms with Crippen molar-refractivity contribution < 1.29 is 0 Å². The highest BCUT2D eigenvalue weighted by atomic mass is 79.9. The van der Waals surface area contributed by atoms with Gasteiger partial charge in [0.05, 0.1) is 15.4 Å². The van der Waals surface area contributed by atoms with E-state index >= 15 is 0 Å². The molecule has 0 N–H and O–H groups in total. The average molecular weight is 287 g/mol. The van der Waals surface area contributed by atoms with E-state index in [9.17, 15) is 0 Å². The van der Waals surface area contributed by atoms with Gasteiger partial charge in [-0.3, -0.25) is 0 Å². The molecule has 70 valence electrons. The molecule has 0 unspecified atom stereocenters. The van der Waals surface area contributed by atoms with E-state index in [0.717, 1.165) is 19.4 Å². The topological polar surface area (TPSA) is 23.8 Å². The van der Waals surface area contributed by atoms with Crippen molar-refractivity contribution in [1.29, 1.82) is 5.26 Å². The van der Waals surface area contributed by atoms with E-state index in [1.54, 1.807) is 11.3 Å². The number of nitrogens with zero attached hydrogens (tertiary/aromatic N) is 1. The lowest BCUT2D eigenvalue weighted by Gasteiger charge is -1.98. The van der Waals surface area contributed by atoms with Crippen molar-refractivity contribution >= 4 is 49.0 Å². The van der Waals surface area contributed by atoms with E-state index in [0.29, 0.717) is 11.4 Å². The highest BCUT2D eigenvalue weighted by Gasteiger charge is 2.06. The number of fused-ring (bicyclic) bond motifs is 1. The SMILES string of the molecule is N#Cc1cc2cc(Br)sc2cc1CCl. The quantitative estimate of drug-likeness (QED) is 0.718. The zero-order valence-electron chi connectivity index (χ0n) is 7.05. The van der Waals surface area contributed by atoms with Gasteiger partial charge >= 0.3 is 0 Å². The van der Waals surface area contributed by atoms with Crippen LogP contribution in [0.4, 0.5) is 0 Å². The predicted molar refractivity (Wildman–Crippen MR) is 63.8 cm³/mol. The van der Waals surface area contributed by atoms with E-state index in [1.807, 2.05) is 18.2 Å². The fourth-order valence-corrected chi connectivity index (χ4v) is 3.14. The third kappa shape index (κ3) is 1.66. The highest BCUT2D eigenvalue weighted by molar-refractivity contribution is 9.11. The number of hydrogen-bond donors (Lipinski definition) is 0. The molecule has 0 radical (unpaired) electrons. The van der Waals surface area contributed by atoms with E-state index in [1.165, 1.54) is 0 Å². The molecule has 0 fully saturated rings. The number of nitriles is 1. The van der Waals surface area contributed by atoms with Crippen molar-refractivity contribution in [3.63, 3.8) is 0 Å². The molecule has 0 aliphatic rings. The molecule has 1 aromatic heterocycles.